The SMILES string of the molecule is C=CCc1c(OC)cc(CCc2ccccc2)cc1OC(=O)N(CC)CC. The number of nitrogens with zero attached hydrogens (tertiary/aromatic N) is 1. The predicted molar refractivity (Wildman–Crippen MR) is 110 cm³/mol. The largest absolute Gasteiger partial charge is 0.496 e. The van der Waals surface area contributed by atoms with Crippen molar-refractivity contribution in [1.29, 1.82) is 0 Å². The molecule has 0 heterocycles. The van der Waals surface area contributed by atoms with E-state index in [2.05, 4.69) is 18.7 Å². The second-order valence-corrected chi connectivity index (χ2v) is 6.29. The van der Waals surface area contributed by atoms with E-state index in [1.807, 2.05) is 44.2 Å². The fraction of sp³-hybridized carbons (Fsp3) is 0.348. The number of ether oxygens (including phenoxy) is 2. The Balaban J connectivity index is 2.30. The normalized spacial score (nSPS) is 10.3. The third-order valence-corrected chi connectivity index (χ3v) is 4.56. The summed E-state index contributed by atoms with van der Waals surface area (Å²) in [4.78, 5) is 14.1. The number of rotatable bonds is 9. The number of aryl methyl sites for hydroxylation is 2. The summed E-state index contributed by atoms with van der Waals surface area (Å²) in [6.07, 6.45) is 3.77. The van der Waals surface area contributed by atoms with Crippen LogP contribution < -0.4 is 9.47 Å². The van der Waals surface area contributed by atoms with Gasteiger partial charge in [0.15, 0.2) is 0 Å². The van der Waals surface area contributed by atoms with Crippen molar-refractivity contribution in [1.82, 2.24) is 4.90 Å². The smallest absolute Gasteiger partial charge is 0.415 e. The van der Waals surface area contributed by atoms with Gasteiger partial charge >= 0.3 is 6.09 Å². The zero-order valence-electron chi connectivity index (χ0n) is 16.5. The summed E-state index contributed by atoms with van der Waals surface area (Å²) in [5.41, 5.74) is 3.19. The summed E-state index contributed by atoms with van der Waals surface area (Å²) in [7, 11) is 1.64. The fourth-order valence-corrected chi connectivity index (χ4v) is 3.01. The lowest BCUT2D eigenvalue weighted by atomic mass is 10.0. The molecule has 4 nitrogen and oxygen atoms in total. The second kappa shape index (κ2) is 10.4. The van der Waals surface area contributed by atoms with Gasteiger partial charge in [-0.2, -0.15) is 0 Å². The van der Waals surface area contributed by atoms with Gasteiger partial charge in [0.1, 0.15) is 11.5 Å². The van der Waals surface area contributed by atoms with Crippen LogP contribution in [0.2, 0.25) is 0 Å². The van der Waals surface area contributed by atoms with Gasteiger partial charge in [0.25, 0.3) is 0 Å². The van der Waals surface area contributed by atoms with Gasteiger partial charge in [-0.15, -0.1) is 6.58 Å². The van der Waals surface area contributed by atoms with Crippen LogP contribution in [0.4, 0.5) is 4.79 Å². The molecule has 0 fully saturated rings. The number of amides is 1. The molecule has 0 aliphatic heterocycles. The molecule has 4 heteroatoms. The molecule has 0 spiro atoms. The molecule has 0 saturated heterocycles. The van der Waals surface area contributed by atoms with Crippen LogP contribution in [0.15, 0.2) is 55.1 Å². The molecule has 0 aromatic heterocycles. The third kappa shape index (κ3) is 5.61. The number of carbonyl (C=O) groups excluding carboxylic acids is 1. The summed E-state index contributed by atoms with van der Waals surface area (Å²) in [6.45, 7) is 8.90. The Kier molecular flexibility index (Phi) is 7.93. The molecule has 2 aromatic carbocycles. The Morgan fingerprint density at radius 2 is 1.67 bits per heavy atom. The highest BCUT2D eigenvalue weighted by Crippen LogP contribution is 2.32. The first kappa shape index (κ1) is 20.6. The molecule has 0 saturated carbocycles. The first-order valence-electron chi connectivity index (χ1n) is 9.44. The van der Waals surface area contributed by atoms with Crippen LogP contribution in [-0.2, 0) is 19.3 Å². The first-order chi connectivity index (χ1) is 13.1. The highest BCUT2D eigenvalue weighted by Gasteiger charge is 2.18. The van der Waals surface area contributed by atoms with E-state index in [-0.39, 0.29) is 6.09 Å². The average Bonchev–Trinajstić information content (AvgIpc) is 2.69. The minimum Gasteiger partial charge on any atom is -0.496 e. The zero-order chi connectivity index (χ0) is 19.6. The Morgan fingerprint density at radius 1 is 1.04 bits per heavy atom. The molecule has 0 aliphatic carbocycles. The van der Waals surface area contributed by atoms with Crippen LogP contribution in [0, 0.1) is 0 Å². The van der Waals surface area contributed by atoms with E-state index in [0.717, 1.165) is 29.7 Å². The molecular weight excluding hydrogens is 338 g/mol. The lowest BCUT2D eigenvalue weighted by Crippen LogP contribution is -2.33. The molecule has 0 N–H and O–H groups in total. The van der Waals surface area contributed by atoms with Gasteiger partial charge in [0.05, 0.1) is 7.11 Å². The Hall–Kier alpha value is -2.75. The average molecular weight is 367 g/mol. The summed E-state index contributed by atoms with van der Waals surface area (Å²) in [5.74, 6) is 1.28. The molecular formula is C23H29NO3. The molecule has 0 unspecified atom stereocenters. The van der Waals surface area contributed by atoms with E-state index >= 15 is 0 Å². The van der Waals surface area contributed by atoms with Crippen molar-refractivity contribution in [2.45, 2.75) is 33.1 Å². The van der Waals surface area contributed by atoms with Crippen LogP contribution in [0.3, 0.4) is 0 Å². The zero-order valence-corrected chi connectivity index (χ0v) is 16.5. The number of benzene rings is 2. The fourth-order valence-electron chi connectivity index (χ4n) is 3.01. The van der Waals surface area contributed by atoms with Crippen molar-refractivity contribution in [2.24, 2.45) is 0 Å². The maximum absolute atomic E-state index is 12.5. The van der Waals surface area contributed by atoms with Crippen molar-refractivity contribution in [3.8, 4) is 11.5 Å². The molecule has 144 valence electrons. The maximum atomic E-state index is 12.5. The van der Waals surface area contributed by atoms with Crippen molar-refractivity contribution >= 4 is 6.09 Å². The van der Waals surface area contributed by atoms with Crippen LogP contribution in [-0.4, -0.2) is 31.2 Å². The van der Waals surface area contributed by atoms with Gasteiger partial charge in [-0.25, -0.2) is 4.79 Å². The van der Waals surface area contributed by atoms with Crippen molar-refractivity contribution in [3.05, 3.63) is 71.8 Å². The molecule has 0 bridgehead atoms. The van der Waals surface area contributed by atoms with Gasteiger partial charge in [-0.1, -0.05) is 36.4 Å². The Bertz CT molecular complexity index is 752. The number of hydrogen-bond donors (Lipinski definition) is 0. The predicted octanol–water partition coefficient (Wildman–Crippen LogP) is 5.05. The Morgan fingerprint density at radius 3 is 2.26 bits per heavy atom. The summed E-state index contributed by atoms with van der Waals surface area (Å²) in [5, 5.41) is 0. The molecule has 1 amide bonds. The van der Waals surface area contributed by atoms with Crippen molar-refractivity contribution in [3.63, 3.8) is 0 Å². The quantitative estimate of drug-likeness (QED) is 0.582. The van der Waals surface area contributed by atoms with Crippen LogP contribution >= 0.6 is 0 Å². The number of methoxy groups -OCH3 is 1. The summed E-state index contributed by atoms with van der Waals surface area (Å²) >= 11 is 0. The van der Waals surface area contributed by atoms with Gasteiger partial charge in [-0.3, -0.25) is 0 Å². The van der Waals surface area contributed by atoms with E-state index in [4.69, 9.17) is 9.47 Å². The number of hydrogen-bond acceptors (Lipinski definition) is 3. The number of allylic oxidation sites excluding steroid dienone is 1. The van der Waals surface area contributed by atoms with Crippen molar-refractivity contribution < 1.29 is 14.3 Å². The lowest BCUT2D eigenvalue weighted by Gasteiger charge is -2.20. The maximum Gasteiger partial charge on any atom is 0.415 e. The monoisotopic (exact) mass is 367 g/mol. The summed E-state index contributed by atoms with van der Waals surface area (Å²) < 4.78 is 11.3. The van der Waals surface area contributed by atoms with Gasteiger partial charge in [-0.05, 0) is 56.4 Å². The van der Waals surface area contributed by atoms with Crippen molar-refractivity contribution in [2.75, 3.05) is 20.2 Å². The minimum atomic E-state index is -0.340. The second-order valence-electron chi connectivity index (χ2n) is 6.29. The molecule has 2 aromatic rings. The molecule has 27 heavy (non-hydrogen) atoms. The van der Waals surface area contributed by atoms with Gasteiger partial charge in [0, 0.05) is 18.7 Å². The van der Waals surface area contributed by atoms with Crippen LogP contribution in [0.5, 0.6) is 11.5 Å². The highest BCUT2D eigenvalue weighted by molar-refractivity contribution is 5.71. The number of carbonyl (C=O) groups is 1. The Labute approximate surface area is 162 Å². The lowest BCUT2D eigenvalue weighted by molar-refractivity contribution is 0.156. The van der Waals surface area contributed by atoms with E-state index in [1.165, 1.54) is 5.56 Å². The van der Waals surface area contributed by atoms with Gasteiger partial charge < -0.3 is 14.4 Å². The van der Waals surface area contributed by atoms with E-state index in [1.54, 1.807) is 18.1 Å². The molecule has 0 atom stereocenters. The first-order valence-corrected chi connectivity index (χ1v) is 9.44. The van der Waals surface area contributed by atoms with Crippen LogP contribution in [0.1, 0.15) is 30.5 Å². The van der Waals surface area contributed by atoms with Crippen LogP contribution in [0.25, 0.3) is 0 Å². The van der Waals surface area contributed by atoms with E-state index in [0.29, 0.717) is 25.3 Å². The highest BCUT2D eigenvalue weighted by atomic mass is 16.6. The molecule has 2 rings (SSSR count). The molecule has 0 radical (unpaired) electrons. The summed E-state index contributed by atoms with van der Waals surface area (Å²) in [6, 6.07) is 14.3. The van der Waals surface area contributed by atoms with E-state index in [9.17, 15) is 4.79 Å². The standard InChI is InChI=1S/C23H29NO3/c1-5-11-20-21(26-4)16-19(15-14-18-12-9-8-10-13-18)17-22(20)27-23(25)24(6-2)7-3/h5,8-10,12-13,16-17H,1,6-7,11,14-15H2,2-4H3. The molecule has 0 aliphatic rings. The van der Waals surface area contributed by atoms with Gasteiger partial charge in [0.2, 0.25) is 0 Å². The van der Waals surface area contributed by atoms with E-state index < -0.39 is 0 Å². The minimum absolute atomic E-state index is 0.340. The third-order valence-electron chi connectivity index (χ3n) is 4.56. The topological polar surface area (TPSA) is 38.8 Å².